The quantitative estimate of drug-likeness (QED) is 0.619. The maximum absolute atomic E-state index is 12.6. The first kappa shape index (κ1) is 21.9. The summed E-state index contributed by atoms with van der Waals surface area (Å²) < 4.78 is 7.25. The molecular weight excluding hydrogens is 422 g/mol. The van der Waals surface area contributed by atoms with E-state index in [0.29, 0.717) is 48.1 Å². The molecule has 2 aromatic rings. The van der Waals surface area contributed by atoms with Crippen LogP contribution >= 0.6 is 0 Å². The molecule has 3 aliphatic rings. The minimum atomic E-state index is -0.247. The van der Waals surface area contributed by atoms with Gasteiger partial charge < -0.3 is 10.5 Å². The fraction of sp³-hybridized carbons (Fsp3) is 0.583. The standard InChI is InChI=1S/C24H31N5O4/c25-22(31)20(28-11-3-6-15-5-1-2-7-19(15)28)8-4-12-33-16-9-10-17-18(13-16)26-24-27-21(30)14-29(24)23(17)32/h9-10,13,15,19-20H,1-8,11-12,14H2,(H2,25,31)(H,26,27,30). The van der Waals surface area contributed by atoms with E-state index < -0.39 is 0 Å². The lowest BCUT2D eigenvalue weighted by atomic mass is 9.77. The fourth-order valence-corrected chi connectivity index (χ4v) is 5.83. The van der Waals surface area contributed by atoms with E-state index in [-0.39, 0.29) is 35.9 Å². The SMILES string of the molecule is NC(=O)C(CCCOc1ccc2c(=O)n3c(nc2c1)NC(=O)C3)N1CCCC2CCCCC21. The summed E-state index contributed by atoms with van der Waals surface area (Å²) in [5.74, 6) is 1.08. The van der Waals surface area contributed by atoms with Crippen LogP contribution in [0.4, 0.5) is 5.95 Å². The second-order valence-corrected chi connectivity index (χ2v) is 9.45. The number of nitrogens with zero attached hydrogens (tertiary/aromatic N) is 3. The molecule has 2 aliphatic heterocycles. The summed E-state index contributed by atoms with van der Waals surface area (Å²) in [6.07, 6.45) is 8.74. The highest BCUT2D eigenvalue weighted by atomic mass is 16.5. The molecule has 5 rings (SSSR count). The Balaban J connectivity index is 1.22. The molecule has 3 N–H and O–H groups in total. The molecular formula is C24H31N5O4. The fourth-order valence-electron chi connectivity index (χ4n) is 5.83. The van der Waals surface area contributed by atoms with Crippen molar-refractivity contribution in [3.8, 4) is 5.75 Å². The lowest BCUT2D eigenvalue weighted by molar-refractivity contribution is -0.126. The van der Waals surface area contributed by atoms with Crippen LogP contribution in [0.5, 0.6) is 5.75 Å². The molecule has 2 amide bonds. The Morgan fingerprint density at radius 3 is 2.88 bits per heavy atom. The number of anilines is 1. The van der Waals surface area contributed by atoms with Gasteiger partial charge in [-0.25, -0.2) is 4.98 Å². The first-order valence-electron chi connectivity index (χ1n) is 12.0. The molecule has 33 heavy (non-hydrogen) atoms. The molecule has 0 spiro atoms. The molecule has 3 unspecified atom stereocenters. The van der Waals surface area contributed by atoms with Crippen molar-refractivity contribution in [3.63, 3.8) is 0 Å². The maximum Gasteiger partial charge on any atom is 0.263 e. The summed E-state index contributed by atoms with van der Waals surface area (Å²) in [6, 6.07) is 5.37. The lowest BCUT2D eigenvalue weighted by Gasteiger charge is -2.46. The van der Waals surface area contributed by atoms with Gasteiger partial charge in [-0.1, -0.05) is 12.8 Å². The predicted molar refractivity (Wildman–Crippen MR) is 124 cm³/mol. The van der Waals surface area contributed by atoms with Gasteiger partial charge in [0.25, 0.3) is 5.56 Å². The highest BCUT2D eigenvalue weighted by Gasteiger charge is 2.38. The third-order valence-electron chi connectivity index (χ3n) is 7.39. The van der Waals surface area contributed by atoms with Gasteiger partial charge in [-0.15, -0.1) is 0 Å². The zero-order chi connectivity index (χ0) is 22.9. The number of piperidine rings is 1. The minimum Gasteiger partial charge on any atom is -0.494 e. The number of carbonyl (C=O) groups excluding carboxylic acids is 2. The summed E-state index contributed by atoms with van der Waals surface area (Å²) in [5.41, 5.74) is 6.06. The molecule has 0 bridgehead atoms. The van der Waals surface area contributed by atoms with Gasteiger partial charge in [-0.05, 0) is 63.1 Å². The predicted octanol–water partition coefficient (Wildman–Crippen LogP) is 2.02. The van der Waals surface area contributed by atoms with Crippen molar-refractivity contribution in [2.24, 2.45) is 11.7 Å². The zero-order valence-corrected chi connectivity index (χ0v) is 18.8. The van der Waals surface area contributed by atoms with Crippen LogP contribution in [0.1, 0.15) is 51.4 Å². The van der Waals surface area contributed by atoms with Gasteiger partial charge in [-0.3, -0.25) is 29.2 Å². The molecule has 1 aromatic carbocycles. The van der Waals surface area contributed by atoms with E-state index >= 15 is 0 Å². The Morgan fingerprint density at radius 1 is 1.21 bits per heavy atom. The number of likely N-dealkylation sites (tertiary alicyclic amines) is 1. The first-order valence-corrected chi connectivity index (χ1v) is 12.0. The molecule has 0 radical (unpaired) electrons. The van der Waals surface area contributed by atoms with Crippen LogP contribution < -0.4 is 21.3 Å². The maximum atomic E-state index is 12.6. The van der Waals surface area contributed by atoms with Crippen LogP contribution in [0.25, 0.3) is 10.9 Å². The number of hydrogen-bond donors (Lipinski definition) is 2. The third-order valence-corrected chi connectivity index (χ3v) is 7.39. The van der Waals surface area contributed by atoms with Gasteiger partial charge in [-0.2, -0.15) is 0 Å². The summed E-state index contributed by atoms with van der Waals surface area (Å²) >= 11 is 0. The first-order chi connectivity index (χ1) is 16.0. The second kappa shape index (κ2) is 9.13. The number of aromatic nitrogens is 2. The number of hydrogen-bond acceptors (Lipinski definition) is 6. The largest absolute Gasteiger partial charge is 0.494 e. The van der Waals surface area contributed by atoms with E-state index in [0.717, 1.165) is 13.0 Å². The van der Waals surface area contributed by atoms with Crippen molar-refractivity contribution in [3.05, 3.63) is 28.6 Å². The third kappa shape index (κ3) is 4.34. The normalized spacial score (nSPS) is 23.6. The highest BCUT2D eigenvalue weighted by Crippen LogP contribution is 2.36. The van der Waals surface area contributed by atoms with Gasteiger partial charge in [0, 0.05) is 12.1 Å². The van der Waals surface area contributed by atoms with E-state index in [2.05, 4.69) is 15.2 Å². The summed E-state index contributed by atoms with van der Waals surface area (Å²) in [5, 5.41) is 3.05. The van der Waals surface area contributed by atoms with Crippen LogP contribution in [-0.2, 0) is 16.1 Å². The van der Waals surface area contributed by atoms with Crippen LogP contribution in [0, 0.1) is 5.92 Å². The van der Waals surface area contributed by atoms with Gasteiger partial charge in [0.15, 0.2) is 0 Å². The van der Waals surface area contributed by atoms with Crippen LogP contribution in [0.3, 0.4) is 0 Å². The number of fused-ring (bicyclic) bond motifs is 3. The molecule has 1 saturated heterocycles. The number of rotatable bonds is 7. The molecule has 1 aliphatic carbocycles. The monoisotopic (exact) mass is 453 g/mol. The number of amides is 2. The average molecular weight is 454 g/mol. The van der Waals surface area contributed by atoms with Crippen molar-refractivity contribution >= 4 is 28.7 Å². The number of benzene rings is 1. The van der Waals surface area contributed by atoms with Crippen molar-refractivity contribution in [1.29, 1.82) is 0 Å². The topological polar surface area (TPSA) is 120 Å². The number of primary amides is 1. The Bertz CT molecular complexity index is 1130. The number of nitrogens with one attached hydrogen (secondary N) is 1. The van der Waals surface area contributed by atoms with Crippen LogP contribution in [0.15, 0.2) is 23.0 Å². The second-order valence-electron chi connectivity index (χ2n) is 9.45. The molecule has 9 nitrogen and oxygen atoms in total. The van der Waals surface area contributed by atoms with E-state index in [1.54, 1.807) is 18.2 Å². The highest BCUT2D eigenvalue weighted by molar-refractivity contribution is 5.94. The smallest absolute Gasteiger partial charge is 0.263 e. The van der Waals surface area contributed by atoms with Gasteiger partial charge in [0.2, 0.25) is 17.8 Å². The lowest BCUT2D eigenvalue weighted by Crippen LogP contribution is -2.55. The van der Waals surface area contributed by atoms with Crippen molar-refractivity contribution in [2.75, 3.05) is 18.5 Å². The average Bonchev–Trinajstić information content (AvgIpc) is 3.19. The van der Waals surface area contributed by atoms with Crippen LogP contribution in [0.2, 0.25) is 0 Å². The van der Waals surface area contributed by atoms with Gasteiger partial charge in [0.05, 0.1) is 23.6 Å². The van der Waals surface area contributed by atoms with Crippen molar-refractivity contribution < 1.29 is 14.3 Å². The molecule has 1 aromatic heterocycles. The molecule has 9 heteroatoms. The number of nitrogens with two attached hydrogens (primary N) is 1. The van der Waals surface area contributed by atoms with Crippen molar-refractivity contribution in [1.82, 2.24) is 14.5 Å². The summed E-state index contributed by atoms with van der Waals surface area (Å²) in [6.45, 7) is 1.38. The Morgan fingerprint density at radius 2 is 2.03 bits per heavy atom. The molecule has 3 atom stereocenters. The minimum absolute atomic E-state index is 0.00495. The number of carbonyl (C=O) groups is 2. The molecule has 1 saturated carbocycles. The van der Waals surface area contributed by atoms with Crippen LogP contribution in [-0.4, -0.2) is 51.5 Å². The molecule has 3 heterocycles. The molecule has 2 fully saturated rings. The van der Waals surface area contributed by atoms with Crippen molar-refractivity contribution in [2.45, 2.75) is 70.0 Å². The number of ether oxygens (including phenoxy) is 1. The Kier molecular flexibility index (Phi) is 6.05. The summed E-state index contributed by atoms with van der Waals surface area (Å²) in [7, 11) is 0. The van der Waals surface area contributed by atoms with E-state index in [9.17, 15) is 14.4 Å². The Labute approximate surface area is 192 Å². The Hall–Kier alpha value is -2.94. The van der Waals surface area contributed by atoms with Gasteiger partial charge in [0.1, 0.15) is 12.3 Å². The molecule has 176 valence electrons. The van der Waals surface area contributed by atoms with E-state index in [1.807, 2.05) is 0 Å². The van der Waals surface area contributed by atoms with E-state index in [4.69, 9.17) is 10.5 Å². The van der Waals surface area contributed by atoms with E-state index in [1.165, 1.54) is 36.7 Å². The summed E-state index contributed by atoms with van der Waals surface area (Å²) in [4.78, 5) is 43.2. The zero-order valence-electron chi connectivity index (χ0n) is 18.8. The van der Waals surface area contributed by atoms with Gasteiger partial charge >= 0.3 is 0 Å².